The van der Waals surface area contributed by atoms with E-state index in [2.05, 4.69) is 16.5 Å². The Morgan fingerprint density at radius 3 is 2.30 bits per heavy atom. The molecular formula is C30H29N3O4. The van der Waals surface area contributed by atoms with Crippen molar-refractivity contribution in [3.05, 3.63) is 95.7 Å². The highest BCUT2D eigenvalue weighted by molar-refractivity contribution is 5.91. The van der Waals surface area contributed by atoms with Gasteiger partial charge in [-0.25, -0.2) is 4.79 Å². The van der Waals surface area contributed by atoms with Crippen LogP contribution in [0.1, 0.15) is 42.6 Å². The minimum atomic E-state index is -0.750. The van der Waals surface area contributed by atoms with Crippen LogP contribution in [0.25, 0.3) is 22.3 Å². The summed E-state index contributed by atoms with van der Waals surface area (Å²) in [7, 11) is 1.77. The van der Waals surface area contributed by atoms with Gasteiger partial charge >= 0.3 is 12.1 Å². The second-order valence-corrected chi connectivity index (χ2v) is 9.61. The van der Waals surface area contributed by atoms with E-state index in [-0.39, 0.29) is 0 Å². The third kappa shape index (κ3) is 4.72. The Morgan fingerprint density at radius 2 is 1.68 bits per heavy atom. The molecule has 0 spiro atoms. The van der Waals surface area contributed by atoms with Crippen molar-refractivity contribution in [3.63, 3.8) is 0 Å². The quantitative estimate of drug-likeness (QED) is 0.306. The van der Waals surface area contributed by atoms with Crippen LogP contribution in [0.2, 0.25) is 0 Å². The van der Waals surface area contributed by atoms with E-state index < -0.39 is 23.6 Å². The number of nitrogens with zero attached hydrogens (tertiary/aromatic N) is 2. The Kier molecular flexibility index (Phi) is 6.29. The fraction of sp³-hybridized carbons (Fsp3) is 0.233. The lowest BCUT2D eigenvalue weighted by molar-refractivity contribution is -0.140. The molecule has 1 heterocycles. The molecule has 1 fully saturated rings. The Labute approximate surface area is 215 Å². The molecule has 188 valence electrons. The third-order valence-corrected chi connectivity index (χ3v) is 7.16. The van der Waals surface area contributed by atoms with E-state index in [1.165, 1.54) is 0 Å². The lowest BCUT2D eigenvalue weighted by Gasteiger charge is -2.16. The van der Waals surface area contributed by atoms with E-state index in [1.807, 2.05) is 80.6 Å². The van der Waals surface area contributed by atoms with Crippen molar-refractivity contribution in [2.24, 2.45) is 7.05 Å². The van der Waals surface area contributed by atoms with Crippen LogP contribution in [0.5, 0.6) is 0 Å². The molecule has 1 amide bonds. The van der Waals surface area contributed by atoms with Crippen LogP contribution in [-0.2, 0) is 22.0 Å². The summed E-state index contributed by atoms with van der Waals surface area (Å²) in [6.45, 7) is 3.85. The van der Waals surface area contributed by atoms with Gasteiger partial charge in [0, 0.05) is 12.6 Å². The first-order valence-corrected chi connectivity index (χ1v) is 12.3. The van der Waals surface area contributed by atoms with Crippen LogP contribution in [0.4, 0.5) is 10.6 Å². The number of ether oxygens (including phenoxy) is 1. The van der Waals surface area contributed by atoms with Gasteiger partial charge in [-0.1, -0.05) is 72.8 Å². The number of carboxylic acids is 1. The monoisotopic (exact) mass is 495 g/mol. The number of aliphatic carboxylic acids is 1. The molecule has 0 radical (unpaired) electrons. The summed E-state index contributed by atoms with van der Waals surface area (Å²) in [5.74, 6) is -0.200. The van der Waals surface area contributed by atoms with Crippen LogP contribution >= 0.6 is 0 Å². The van der Waals surface area contributed by atoms with Crippen LogP contribution in [0.3, 0.4) is 0 Å². The third-order valence-electron chi connectivity index (χ3n) is 7.16. The maximum Gasteiger partial charge on any atom is 0.413 e. The van der Waals surface area contributed by atoms with Gasteiger partial charge in [0.15, 0.2) is 0 Å². The summed E-state index contributed by atoms with van der Waals surface area (Å²) in [5.41, 5.74) is 5.88. The number of hydrogen-bond donors (Lipinski definition) is 2. The van der Waals surface area contributed by atoms with Crippen molar-refractivity contribution in [1.82, 2.24) is 9.78 Å². The number of hydrogen-bond acceptors (Lipinski definition) is 4. The minimum Gasteiger partial charge on any atom is -0.481 e. The molecule has 4 aromatic rings. The molecule has 1 aromatic heterocycles. The summed E-state index contributed by atoms with van der Waals surface area (Å²) >= 11 is 0. The molecule has 1 atom stereocenters. The van der Waals surface area contributed by atoms with Crippen LogP contribution in [0.15, 0.2) is 79.0 Å². The molecule has 0 bridgehead atoms. The van der Waals surface area contributed by atoms with Gasteiger partial charge in [0.05, 0.1) is 11.6 Å². The van der Waals surface area contributed by atoms with E-state index in [1.54, 1.807) is 17.9 Å². The number of rotatable bonds is 7. The number of nitrogens with one attached hydrogen (secondary N) is 1. The first-order chi connectivity index (χ1) is 17.8. The van der Waals surface area contributed by atoms with Gasteiger partial charge in [0.2, 0.25) is 0 Å². The van der Waals surface area contributed by atoms with Crippen molar-refractivity contribution >= 4 is 17.9 Å². The molecule has 5 rings (SSSR count). The van der Waals surface area contributed by atoms with Crippen molar-refractivity contribution in [1.29, 1.82) is 0 Å². The smallest absolute Gasteiger partial charge is 0.413 e. The summed E-state index contributed by atoms with van der Waals surface area (Å²) in [5, 5.41) is 16.8. The predicted molar refractivity (Wildman–Crippen MR) is 142 cm³/mol. The number of carboxylic acid groups (broad SMARTS) is 1. The predicted octanol–water partition coefficient (Wildman–Crippen LogP) is 6.49. The highest BCUT2D eigenvalue weighted by Gasteiger charge is 2.51. The van der Waals surface area contributed by atoms with Crippen LogP contribution in [0, 0.1) is 6.92 Å². The van der Waals surface area contributed by atoms with E-state index in [9.17, 15) is 14.7 Å². The minimum absolute atomic E-state index is 0.393. The number of benzene rings is 3. The van der Waals surface area contributed by atoms with E-state index in [0.717, 1.165) is 38.9 Å². The number of carbonyl (C=O) groups is 2. The average molecular weight is 496 g/mol. The zero-order chi connectivity index (χ0) is 26.2. The summed E-state index contributed by atoms with van der Waals surface area (Å²) in [4.78, 5) is 24.3. The molecule has 0 aliphatic heterocycles. The summed E-state index contributed by atoms with van der Waals surface area (Å²) in [6.07, 6.45) is 2.17. The lowest BCUT2D eigenvalue weighted by Crippen LogP contribution is -2.19. The number of anilines is 1. The van der Waals surface area contributed by atoms with Crippen molar-refractivity contribution in [3.8, 4) is 22.3 Å². The summed E-state index contributed by atoms with van der Waals surface area (Å²) < 4.78 is 7.20. The van der Waals surface area contributed by atoms with Crippen molar-refractivity contribution in [2.75, 3.05) is 5.32 Å². The first-order valence-electron chi connectivity index (χ1n) is 12.3. The van der Waals surface area contributed by atoms with Gasteiger partial charge in [-0.15, -0.1) is 0 Å². The van der Waals surface area contributed by atoms with Gasteiger partial charge in [-0.3, -0.25) is 14.8 Å². The molecule has 0 unspecified atom stereocenters. The van der Waals surface area contributed by atoms with Gasteiger partial charge in [-0.05, 0) is 60.1 Å². The van der Waals surface area contributed by atoms with Crippen molar-refractivity contribution < 1.29 is 19.4 Å². The van der Waals surface area contributed by atoms with E-state index in [0.29, 0.717) is 18.7 Å². The van der Waals surface area contributed by atoms with Crippen LogP contribution < -0.4 is 5.32 Å². The van der Waals surface area contributed by atoms with Gasteiger partial charge in [0.25, 0.3) is 0 Å². The van der Waals surface area contributed by atoms with Crippen molar-refractivity contribution in [2.45, 2.75) is 38.2 Å². The molecule has 1 aliphatic carbocycles. The Hall–Kier alpha value is -4.39. The van der Waals surface area contributed by atoms with Crippen LogP contribution in [-0.4, -0.2) is 26.9 Å². The fourth-order valence-electron chi connectivity index (χ4n) is 4.74. The number of amides is 1. The normalized spacial score (nSPS) is 14.6. The maximum absolute atomic E-state index is 12.7. The Balaban J connectivity index is 1.34. The average Bonchev–Trinajstić information content (AvgIpc) is 3.65. The highest BCUT2D eigenvalue weighted by Crippen LogP contribution is 2.48. The summed E-state index contributed by atoms with van der Waals surface area (Å²) in [6, 6.07) is 23.5. The first kappa shape index (κ1) is 24.3. The molecule has 3 aromatic carbocycles. The van der Waals surface area contributed by atoms with Gasteiger partial charge < -0.3 is 9.84 Å². The second-order valence-electron chi connectivity index (χ2n) is 9.61. The topological polar surface area (TPSA) is 93.5 Å². The van der Waals surface area contributed by atoms with Gasteiger partial charge in [0.1, 0.15) is 11.9 Å². The molecule has 1 saturated carbocycles. The molecular weight excluding hydrogens is 466 g/mol. The zero-order valence-corrected chi connectivity index (χ0v) is 21.1. The Morgan fingerprint density at radius 1 is 1.00 bits per heavy atom. The maximum atomic E-state index is 12.7. The molecule has 7 nitrogen and oxygen atoms in total. The lowest BCUT2D eigenvalue weighted by atomic mass is 9.92. The molecule has 37 heavy (non-hydrogen) atoms. The fourth-order valence-corrected chi connectivity index (χ4v) is 4.74. The standard InChI is InChI=1S/C30H29N3O4/c1-19-17-23(22-9-12-24(13-10-22)30(15-16-30)28(34)35)11-14-25(19)26-18-31-33(3)27(26)32-29(36)37-20(2)21-7-5-4-6-8-21/h4-14,17-18,20H,15-16H2,1-3H3,(H,32,36)(H,34,35)/t20-/m1/s1. The molecule has 2 N–H and O–H groups in total. The molecule has 0 saturated heterocycles. The second kappa shape index (κ2) is 9.58. The number of carbonyl (C=O) groups excluding carboxylic acids is 1. The highest BCUT2D eigenvalue weighted by atomic mass is 16.6. The number of aryl methyl sites for hydroxylation is 2. The molecule has 7 heteroatoms. The van der Waals surface area contributed by atoms with Gasteiger partial charge in [-0.2, -0.15) is 5.10 Å². The number of aromatic nitrogens is 2. The zero-order valence-electron chi connectivity index (χ0n) is 21.1. The largest absolute Gasteiger partial charge is 0.481 e. The Bertz CT molecular complexity index is 1450. The van der Waals surface area contributed by atoms with E-state index >= 15 is 0 Å². The van der Waals surface area contributed by atoms with E-state index in [4.69, 9.17) is 4.74 Å². The molecule has 1 aliphatic rings. The SMILES string of the molecule is Cc1cc(-c2ccc(C3(C(=O)O)CC3)cc2)ccc1-c1cnn(C)c1NC(=O)O[C@H](C)c1ccccc1.